The second-order valence-electron chi connectivity index (χ2n) is 8.93. The molecule has 1 fully saturated rings. The summed E-state index contributed by atoms with van der Waals surface area (Å²) in [6.45, 7) is 3.97. The van der Waals surface area contributed by atoms with Crippen LogP contribution in [0.5, 0.6) is 11.5 Å². The van der Waals surface area contributed by atoms with E-state index in [0.29, 0.717) is 48.7 Å². The maximum atomic E-state index is 12.9. The number of aromatic nitrogens is 3. The number of hydrogen-bond donors (Lipinski definition) is 1. The second kappa shape index (κ2) is 9.42. The van der Waals surface area contributed by atoms with Crippen LogP contribution in [-0.2, 0) is 17.9 Å². The number of fused-ring (bicyclic) bond motifs is 2. The van der Waals surface area contributed by atoms with Crippen molar-refractivity contribution in [2.45, 2.75) is 32.4 Å². The number of piperidine rings is 1. The fourth-order valence-corrected chi connectivity index (χ4v) is 4.76. The van der Waals surface area contributed by atoms with Crippen LogP contribution in [0.25, 0.3) is 22.4 Å². The molecule has 0 aliphatic carbocycles. The van der Waals surface area contributed by atoms with Crippen LogP contribution in [-0.4, -0.2) is 51.9 Å². The quantitative estimate of drug-likeness (QED) is 0.451. The van der Waals surface area contributed by atoms with Crippen molar-refractivity contribution in [2.24, 2.45) is 0 Å². The Hall–Kier alpha value is -3.85. The molecular weight excluding hydrogens is 446 g/mol. The molecule has 4 aromatic rings. The second-order valence-corrected chi connectivity index (χ2v) is 8.93. The van der Waals surface area contributed by atoms with E-state index in [1.807, 2.05) is 47.2 Å². The van der Waals surface area contributed by atoms with Crippen LogP contribution in [0.4, 0.5) is 5.69 Å². The number of hydrogen-bond acceptors (Lipinski definition) is 7. The van der Waals surface area contributed by atoms with E-state index in [1.54, 1.807) is 6.07 Å². The Labute approximate surface area is 202 Å². The molecule has 1 saturated heterocycles. The lowest BCUT2D eigenvalue weighted by Gasteiger charge is -2.24. The highest BCUT2D eigenvalue weighted by molar-refractivity contribution is 5.96. The number of nitrogens with one attached hydrogen (secondary N) is 1. The van der Waals surface area contributed by atoms with Gasteiger partial charge in [0, 0.05) is 28.9 Å². The van der Waals surface area contributed by atoms with E-state index in [2.05, 4.69) is 20.4 Å². The van der Waals surface area contributed by atoms with Gasteiger partial charge in [0.05, 0.1) is 12.1 Å². The van der Waals surface area contributed by atoms with Gasteiger partial charge >= 0.3 is 0 Å². The van der Waals surface area contributed by atoms with Crippen molar-refractivity contribution in [1.82, 2.24) is 19.7 Å². The molecule has 9 nitrogen and oxygen atoms in total. The number of ether oxygens (including phenoxy) is 2. The monoisotopic (exact) mass is 473 g/mol. The molecule has 1 amide bonds. The van der Waals surface area contributed by atoms with Crippen LogP contribution in [0.2, 0.25) is 0 Å². The molecule has 0 atom stereocenters. The topological polar surface area (TPSA) is 94.7 Å². The molecule has 1 N–H and O–H groups in total. The average Bonchev–Trinajstić information content (AvgIpc) is 3.49. The fourth-order valence-electron chi connectivity index (χ4n) is 4.76. The van der Waals surface area contributed by atoms with E-state index < -0.39 is 0 Å². The summed E-state index contributed by atoms with van der Waals surface area (Å²) in [5.41, 5.74) is 2.41. The average molecular weight is 474 g/mol. The Morgan fingerprint density at radius 2 is 1.80 bits per heavy atom. The van der Waals surface area contributed by atoms with Gasteiger partial charge in [0.1, 0.15) is 19.8 Å². The highest BCUT2D eigenvalue weighted by Crippen LogP contribution is 2.33. The van der Waals surface area contributed by atoms with Crippen LogP contribution in [0, 0.1) is 0 Å². The Kier molecular flexibility index (Phi) is 5.83. The minimum Gasteiger partial charge on any atom is -0.486 e. The molecule has 9 heteroatoms. The Bertz CT molecular complexity index is 1360. The summed E-state index contributed by atoms with van der Waals surface area (Å²) in [5.74, 6) is 2.27. The summed E-state index contributed by atoms with van der Waals surface area (Å²) < 4.78 is 19.1. The first-order valence-corrected chi connectivity index (χ1v) is 12.1. The number of anilines is 1. The lowest BCUT2D eigenvalue weighted by Crippen LogP contribution is -2.29. The zero-order chi connectivity index (χ0) is 23.6. The summed E-state index contributed by atoms with van der Waals surface area (Å²) in [6, 6.07) is 13.3. The SMILES string of the molecule is O=C(Cn1cc(-c2nnc(CN3CCCCC3)o2)c2ccccc21)Nc1ccc2c(c1)OCCO2. The molecule has 2 aromatic heterocycles. The van der Waals surface area contributed by atoms with Gasteiger partial charge in [-0.3, -0.25) is 9.69 Å². The number of para-hydroxylation sites is 1. The Morgan fingerprint density at radius 3 is 2.69 bits per heavy atom. The predicted molar refractivity (Wildman–Crippen MR) is 130 cm³/mol. The van der Waals surface area contributed by atoms with E-state index in [1.165, 1.54) is 19.3 Å². The number of likely N-dealkylation sites (tertiary alicyclic amines) is 1. The van der Waals surface area contributed by atoms with Crippen LogP contribution in [0.3, 0.4) is 0 Å². The fraction of sp³-hybridized carbons (Fsp3) is 0.346. The van der Waals surface area contributed by atoms with Crippen molar-refractivity contribution in [2.75, 3.05) is 31.6 Å². The molecule has 6 rings (SSSR count). The highest BCUT2D eigenvalue weighted by Gasteiger charge is 2.19. The van der Waals surface area contributed by atoms with Crippen LogP contribution in [0.1, 0.15) is 25.2 Å². The molecule has 0 saturated carbocycles. The molecule has 0 unspecified atom stereocenters. The zero-order valence-corrected chi connectivity index (χ0v) is 19.4. The standard InChI is InChI=1S/C26H27N5O4/c32-24(27-18-8-9-22-23(14-18)34-13-12-33-22)16-31-15-20(19-6-2-3-7-21(19)31)26-29-28-25(35-26)17-30-10-4-1-5-11-30/h2-3,6-9,14-15H,1,4-5,10-13,16-17H2,(H,27,32). The first kappa shape index (κ1) is 21.7. The molecular formula is C26H27N5O4. The van der Waals surface area contributed by atoms with Crippen molar-refractivity contribution in [3.05, 3.63) is 54.6 Å². The van der Waals surface area contributed by atoms with Gasteiger partial charge in [0.25, 0.3) is 0 Å². The van der Waals surface area contributed by atoms with Crippen LogP contribution < -0.4 is 14.8 Å². The van der Waals surface area contributed by atoms with Gasteiger partial charge in [-0.1, -0.05) is 24.6 Å². The van der Waals surface area contributed by atoms with Crippen molar-refractivity contribution >= 4 is 22.5 Å². The third-order valence-corrected chi connectivity index (χ3v) is 6.43. The molecule has 0 bridgehead atoms. The smallest absolute Gasteiger partial charge is 0.249 e. The van der Waals surface area contributed by atoms with E-state index in [9.17, 15) is 4.79 Å². The van der Waals surface area contributed by atoms with Gasteiger partial charge in [-0.25, -0.2) is 0 Å². The first-order chi connectivity index (χ1) is 17.2. The van der Waals surface area contributed by atoms with Crippen molar-refractivity contribution in [3.63, 3.8) is 0 Å². The number of nitrogens with zero attached hydrogens (tertiary/aromatic N) is 4. The summed E-state index contributed by atoms with van der Waals surface area (Å²) in [4.78, 5) is 15.3. The third kappa shape index (κ3) is 4.59. The van der Waals surface area contributed by atoms with E-state index in [4.69, 9.17) is 13.9 Å². The summed E-state index contributed by atoms with van der Waals surface area (Å²) in [6.07, 6.45) is 5.62. The van der Waals surface area contributed by atoms with Crippen molar-refractivity contribution in [3.8, 4) is 23.0 Å². The van der Waals surface area contributed by atoms with Crippen molar-refractivity contribution < 1.29 is 18.7 Å². The maximum Gasteiger partial charge on any atom is 0.249 e. The Morgan fingerprint density at radius 1 is 0.971 bits per heavy atom. The van der Waals surface area contributed by atoms with Gasteiger partial charge in [0.15, 0.2) is 11.5 Å². The summed E-state index contributed by atoms with van der Waals surface area (Å²) in [7, 11) is 0. The van der Waals surface area contributed by atoms with E-state index >= 15 is 0 Å². The summed E-state index contributed by atoms with van der Waals surface area (Å²) in [5, 5.41) is 12.5. The first-order valence-electron chi connectivity index (χ1n) is 12.1. The maximum absolute atomic E-state index is 12.9. The van der Waals surface area contributed by atoms with Gasteiger partial charge in [-0.15, -0.1) is 10.2 Å². The van der Waals surface area contributed by atoms with E-state index in [-0.39, 0.29) is 12.5 Å². The predicted octanol–water partition coefficient (Wildman–Crippen LogP) is 4.09. The normalized spacial score (nSPS) is 15.9. The molecule has 4 heterocycles. The van der Waals surface area contributed by atoms with Gasteiger partial charge < -0.3 is 23.8 Å². The molecule has 0 spiro atoms. The van der Waals surface area contributed by atoms with Crippen LogP contribution >= 0.6 is 0 Å². The molecule has 0 radical (unpaired) electrons. The zero-order valence-electron chi connectivity index (χ0n) is 19.4. The van der Waals surface area contributed by atoms with Crippen molar-refractivity contribution in [1.29, 1.82) is 0 Å². The minimum atomic E-state index is -0.148. The summed E-state index contributed by atoms with van der Waals surface area (Å²) >= 11 is 0. The van der Waals surface area contributed by atoms with Gasteiger partial charge in [-0.05, 0) is 44.1 Å². The third-order valence-electron chi connectivity index (χ3n) is 6.43. The largest absolute Gasteiger partial charge is 0.486 e. The highest BCUT2D eigenvalue weighted by atomic mass is 16.6. The van der Waals surface area contributed by atoms with E-state index in [0.717, 1.165) is 29.6 Å². The minimum absolute atomic E-state index is 0.143. The van der Waals surface area contributed by atoms with Gasteiger partial charge in [-0.2, -0.15) is 0 Å². The molecule has 2 aliphatic heterocycles. The number of amides is 1. The molecule has 35 heavy (non-hydrogen) atoms. The van der Waals surface area contributed by atoms with Crippen LogP contribution in [0.15, 0.2) is 53.1 Å². The molecule has 2 aromatic carbocycles. The number of carbonyl (C=O) groups is 1. The lowest BCUT2D eigenvalue weighted by molar-refractivity contribution is -0.116. The number of benzene rings is 2. The van der Waals surface area contributed by atoms with Gasteiger partial charge in [0.2, 0.25) is 17.7 Å². The number of carbonyl (C=O) groups excluding carboxylic acids is 1. The number of rotatable bonds is 6. The lowest BCUT2D eigenvalue weighted by atomic mass is 10.1. The molecule has 2 aliphatic rings. The Balaban J connectivity index is 1.21. The molecule has 180 valence electrons.